The van der Waals surface area contributed by atoms with Gasteiger partial charge in [-0.25, -0.2) is 13.7 Å². The zero-order chi connectivity index (χ0) is 57.2. The van der Waals surface area contributed by atoms with Crippen molar-refractivity contribution in [1.29, 1.82) is 0 Å². The summed E-state index contributed by atoms with van der Waals surface area (Å²) in [4.78, 5) is 2.41. The summed E-state index contributed by atoms with van der Waals surface area (Å²) in [6.07, 6.45) is 90.3. The van der Waals surface area contributed by atoms with Crippen molar-refractivity contribution in [3.8, 4) is 0 Å². The van der Waals surface area contributed by atoms with Gasteiger partial charge in [-0.2, -0.15) is 0 Å². The summed E-state index contributed by atoms with van der Waals surface area (Å²) in [6, 6.07) is 18.9. The fraction of sp³-hybridized carbons (Fsp3) is 0.750. The summed E-state index contributed by atoms with van der Waals surface area (Å²) in [7, 11) is 0. The molecule has 490 valence electrons. The highest BCUT2D eigenvalue weighted by molar-refractivity contribution is 5.85. The van der Waals surface area contributed by atoms with Gasteiger partial charge in [0.25, 0.3) is 0 Å². The van der Waals surface area contributed by atoms with E-state index < -0.39 is 0 Å². The Labute approximate surface area is 558 Å². The van der Waals surface area contributed by atoms with Gasteiger partial charge in [0.15, 0.2) is 37.2 Å². The normalized spacial score (nSPS) is 11.1. The molecule has 0 amide bonds. The topological polar surface area (TPSA) is 14.9 Å². The third kappa shape index (κ3) is 67.8. The first-order chi connectivity index (χ1) is 39.7. The number of halogens is 4. The molecule has 0 atom stereocenters. The van der Waals surface area contributed by atoms with Crippen LogP contribution in [0.25, 0.3) is 0 Å². The molecule has 8 heteroatoms. The second kappa shape index (κ2) is 77.4. The van der Waals surface area contributed by atoms with Gasteiger partial charge in [-0.05, 0) is 38.0 Å². The molecule has 0 spiro atoms. The molecular formula is C76H138Br2Cl2N4. The van der Waals surface area contributed by atoms with Crippen molar-refractivity contribution < 1.29 is 60.1 Å². The molecule has 1 aliphatic heterocycles. The highest BCUT2D eigenvalue weighted by Crippen LogP contribution is 2.16. The Balaban J connectivity index is -0.000000501. The Morgan fingerprint density at radius 2 is 0.464 bits per heavy atom. The first-order valence-corrected chi connectivity index (χ1v) is 35.6. The van der Waals surface area contributed by atoms with Crippen molar-refractivity contribution in [3.63, 3.8) is 0 Å². The molecular weight excluding hydrogens is 1200 g/mol. The molecule has 3 aromatic rings. The molecule has 4 nitrogen and oxygen atoms in total. The first kappa shape index (κ1) is 88.7. The molecule has 0 radical (unpaired) electrons. The van der Waals surface area contributed by atoms with E-state index in [9.17, 15) is 0 Å². The molecule has 0 aromatic carbocycles. The Kier molecular flexibility index (Phi) is 81.7. The van der Waals surface area contributed by atoms with Crippen LogP contribution in [0.15, 0.2) is 116 Å². The average Bonchev–Trinajstić information content (AvgIpc) is 3.50. The lowest BCUT2D eigenvalue weighted by Gasteiger charge is -2.20. The van der Waals surface area contributed by atoms with Crippen LogP contribution in [0, 0.1) is 0 Å². The predicted octanol–water partition coefficient (Wildman–Crippen LogP) is 14.5. The molecule has 0 unspecified atom stereocenters. The highest BCUT2D eigenvalue weighted by Gasteiger charge is 2.03. The maximum Gasteiger partial charge on any atom is 0.168 e. The predicted molar refractivity (Wildman–Crippen MR) is 361 cm³/mol. The summed E-state index contributed by atoms with van der Waals surface area (Å²) < 4.78 is 6.87. The summed E-state index contributed by atoms with van der Waals surface area (Å²) >= 11 is 0. The molecule has 0 bridgehead atoms. The van der Waals surface area contributed by atoms with Crippen molar-refractivity contribution >= 4 is 12.4 Å². The molecule has 3 aromatic heterocycles. The minimum atomic E-state index is 0. The Bertz CT molecular complexity index is 1590. The number of nitrogens with zero attached hydrogens (tertiary/aromatic N) is 4. The number of allylic oxidation sites excluding steroid dienone is 2. The fourth-order valence-electron chi connectivity index (χ4n) is 11.0. The third-order valence-corrected chi connectivity index (χ3v) is 16.3. The van der Waals surface area contributed by atoms with E-state index in [1.165, 1.54) is 334 Å². The van der Waals surface area contributed by atoms with E-state index in [1.54, 1.807) is 0 Å². The Morgan fingerprint density at radius 3 is 0.667 bits per heavy atom. The van der Waals surface area contributed by atoms with Crippen molar-refractivity contribution in [1.82, 2.24) is 4.90 Å². The summed E-state index contributed by atoms with van der Waals surface area (Å²) in [5.41, 5.74) is 0. The number of pyridine rings is 3. The number of rotatable bonds is 52. The number of hydrogen-bond acceptors (Lipinski definition) is 1. The smallest absolute Gasteiger partial charge is 0.168 e. The molecule has 0 saturated carbocycles. The fourth-order valence-corrected chi connectivity index (χ4v) is 11.0. The van der Waals surface area contributed by atoms with E-state index in [0.717, 1.165) is 6.54 Å². The molecule has 1 aliphatic rings. The summed E-state index contributed by atoms with van der Waals surface area (Å²) in [5, 5.41) is 0. The lowest BCUT2D eigenvalue weighted by molar-refractivity contribution is -0.697. The standard InChI is InChI=1S/C21H38N.2C19H34N.C17H31N.2BrH.2ClH/c1-2-3-4-5-6-7-8-9-10-11-12-13-14-16-19-22-20-17-15-18-21-22;2*1-2-3-4-5-6-7-8-9-10-11-12-14-17-20-18-15-13-16-19-20;1-2-3-4-5-6-7-8-9-10-12-15-18-16-13-11-14-17-18;;;;/h15,17-18,20-21H,2-14,16,19H2,1H3;2*13,15-16,18-19H,2-12,14,17H2,1H3;11,13-14,16H,2-10,12,15,17H2,1H3;4*1H/q3*+1;;;;;/p-3. The second-order valence-electron chi connectivity index (χ2n) is 24.2. The SMILES string of the molecule is CCCCCCCCCCCCCCCC[n+]1ccccc1.CCCCCCCCCCCCCC[n+]1ccccc1.CCCCCCCCCCCCCC[n+]1ccccc1.CCCCCCCCCCCCN1C=CC=CC1.Cl.[Br-].[Br-].[Cl-]. The van der Waals surface area contributed by atoms with E-state index in [-0.39, 0.29) is 58.8 Å². The summed E-state index contributed by atoms with van der Waals surface area (Å²) in [5.74, 6) is 0. The van der Waals surface area contributed by atoms with Crippen LogP contribution in [0.4, 0.5) is 0 Å². The molecule has 4 rings (SSSR count). The van der Waals surface area contributed by atoms with Crippen LogP contribution in [0.3, 0.4) is 0 Å². The van der Waals surface area contributed by atoms with Gasteiger partial charge in [0.05, 0.1) is 0 Å². The number of aryl methyl sites for hydroxylation is 3. The number of hydrogen-bond donors (Lipinski definition) is 0. The van der Waals surface area contributed by atoms with Gasteiger partial charge in [-0.1, -0.05) is 321 Å². The third-order valence-electron chi connectivity index (χ3n) is 16.3. The van der Waals surface area contributed by atoms with Crippen LogP contribution >= 0.6 is 12.4 Å². The van der Waals surface area contributed by atoms with Crippen LogP contribution in [0.1, 0.15) is 336 Å². The van der Waals surface area contributed by atoms with Crippen molar-refractivity contribution in [2.45, 2.75) is 356 Å². The molecule has 0 N–H and O–H groups in total. The van der Waals surface area contributed by atoms with Gasteiger partial charge in [0.2, 0.25) is 0 Å². The first-order valence-electron chi connectivity index (χ1n) is 35.6. The highest BCUT2D eigenvalue weighted by atomic mass is 79.9. The average molecular weight is 1340 g/mol. The Morgan fingerprint density at radius 1 is 0.262 bits per heavy atom. The maximum absolute atomic E-state index is 2.41. The Hall–Kier alpha value is -1.73. The van der Waals surface area contributed by atoms with Gasteiger partial charge < -0.3 is 51.3 Å². The second-order valence-corrected chi connectivity index (χ2v) is 24.2. The number of aromatic nitrogens is 3. The van der Waals surface area contributed by atoms with Gasteiger partial charge in [0, 0.05) is 68.8 Å². The van der Waals surface area contributed by atoms with E-state index in [1.807, 2.05) is 0 Å². The molecule has 0 aliphatic carbocycles. The largest absolute Gasteiger partial charge is 1.00 e. The van der Waals surface area contributed by atoms with Crippen LogP contribution in [0.2, 0.25) is 0 Å². The monoisotopic (exact) mass is 1330 g/mol. The van der Waals surface area contributed by atoms with Crippen LogP contribution in [0.5, 0.6) is 0 Å². The number of unbranched alkanes of at least 4 members (excludes halogenated alkanes) is 44. The van der Waals surface area contributed by atoms with E-state index >= 15 is 0 Å². The minimum absolute atomic E-state index is 0. The van der Waals surface area contributed by atoms with Crippen LogP contribution in [-0.2, 0) is 19.6 Å². The van der Waals surface area contributed by atoms with Gasteiger partial charge in [-0.15, -0.1) is 12.4 Å². The van der Waals surface area contributed by atoms with Gasteiger partial charge in [0.1, 0.15) is 19.6 Å². The van der Waals surface area contributed by atoms with E-state index in [4.69, 9.17) is 0 Å². The van der Waals surface area contributed by atoms with Crippen LogP contribution < -0.4 is 60.1 Å². The lowest BCUT2D eigenvalue weighted by Crippen LogP contribution is -3.00. The van der Waals surface area contributed by atoms with Crippen molar-refractivity contribution in [2.75, 3.05) is 13.1 Å². The van der Waals surface area contributed by atoms with Gasteiger partial charge >= 0.3 is 0 Å². The van der Waals surface area contributed by atoms with Crippen LogP contribution in [-0.4, -0.2) is 18.0 Å². The molecule has 4 heterocycles. The van der Waals surface area contributed by atoms with E-state index in [2.05, 4.69) is 163 Å². The maximum atomic E-state index is 2.41. The minimum Gasteiger partial charge on any atom is -1.00 e. The molecule has 0 fully saturated rings. The zero-order valence-electron chi connectivity index (χ0n) is 55.8. The quantitative estimate of drug-likeness (QED) is 0.0406. The van der Waals surface area contributed by atoms with Crippen molar-refractivity contribution in [2.24, 2.45) is 0 Å². The summed E-state index contributed by atoms with van der Waals surface area (Å²) in [6.45, 7) is 15.0. The molecule has 0 saturated heterocycles. The van der Waals surface area contributed by atoms with Crippen molar-refractivity contribution in [3.05, 3.63) is 116 Å². The van der Waals surface area contributed by atoms with Gasteiger partial charge in [-0.3, -0.25) is 0 Å². The lowest BCUT2D eigenvalue weighted by atomic mass is 10.0. The molecule has 84 heavy (non-hydrogen) atoms. The van der Waals surface area contributed by atoms with E-state index in [0.29, 0.717) is 0 Å². The zero-order valence-corrected chi connectivity index (χ0v) is 60.5.